The Kier molecular flexibility index (Phi) is 8.03. The van der Waals surface area contributed by atoms with Crippen molar-refractivity contribution in [2.24, 2.45) is 0 Å². The molecule has 0 spiro atoms. The number of ether oxygens (including phenoxy) is 1. The van der Waals surface area contributed by atoms with Crippen LogP contribution in [0.1, 0.15) is 38.2 Å². The van der Waals surface area contributed by atoms with E-state index < -0.39 is 5.82 Å². The fourth-order valence-electron chi connectivity index (χ4n) is 2.42. The molecule has 0 saturated heterocycles. The summed E-state index contributed by atoms with van der Waals surface area (Å²) in [7, 11) is 3.07. The minimum atomic E-state index is -0.477. The molecule has 0 N–H and O–H groups in total. The standard InChI is InChI=1S/C17H23ClFNO3/c1-4-13(9-11-16(22)23-3)20(2)15(21)10-8-12-6-5-7-14(19)17(12)18/h5-7,13H,4,8-11H2,1-3H3/t13-/m1/s1. The van der Waals surface area contributed by atoms with E-state index in [1.807, 2.05) is 6.92 Å². The first kappa shape index (κ1) is 19.4. The summed E-state index contributed by atoms with van der Waals surface area (Å²) < 4.78 is 18.0. The van der Waals surface area contributed by atoms with E-state index in [-0.39, 0.29) is 35.8 Å². The Hall–Kier alpha value is -1.62. The molecule has 0 aliphatic carbocycles. The highest BCUT2D eigenvalue weighted by atomic mass is 35.5. The van der Waals surface area contributed by atoms with Crippen LogP contribution in [0.3, 0.4) is 0 Å². The van der Waals surface area contributed by atoms with Gasteiger partial charge in [0.2, 0.25) is 5.91 Å². The topological polar surface area (TPSA) is 46.6 Å². The normalized spacial score (nSPS) is 11.9. The van der Waals surface area contributed by atoms with Crippen molar-refractivity contribution in [2.75, 3.05) is 14.2 Å². The number of nitrogens with zero attached hydrogens (tertiary/aromatic N) is 1. The third-order valence-electron chi connectivity index (χ3n) is 3.96. The van der Waals surface area contributed by atoms with Crippen LogP contribution in [0.4, 0.5) is 4.39 Å². The fourth-order valence-corrected chi connectivity index (χ4v) is 2.64. The number of carbonyl (C=O) groups is 2. The monoisotopic (exact) mass is 343 g/mol. The number of rotatable bonds is 8. The lowest BCUT2D eigenvalue weighted by Gasteiger charge is -2.27. The van der Waals surface area contributed by atoms with E-state index in [1.54, 1.807) is 24.1 Å². The van der Waals surface area contributed by atoms with Gasteiger partial charge in [0.05, 0.1) is 12.1 Å². The summed E-state index contributed by atoms with van der Waals surface area (Å²) in [5.41, 5.74) is 0.621. The molecule has 0 aliphatic heterocycles. The summed E-state index contributed by atoms with van der Waals surface area (Å²) in [5, 5.41) is 0.0701. The molecular formula is C17H23ClFNO3. The first-order valence-electron chi connectivity index (χ1n) is 7.66. The zero-order valence-corrected chi connectivity index (χ0v) is 14.5. The van der Waals surface area contributed by atoms with Crippen LogP contribution < -0.4 is 0 Å². The van der Waals surface area contributed by atoms with Crippen molar-refractivity contribution in [3.8, 4) is 0 Å². The molecule has 1 aromatic carbocycles. The van der Waals surface area contributed by atoms with Gasteiger partial charge in [0, 0.05) is 25.9 Å². The Morgan fingerprint density at radius 1 is 1.35 bits per heavy atom. The Labute approximate surface area is 141 Å². The van der Waals surface area contributed by atoms with Crippen molar-refractivity contribution in [1.82, 2.24) is 4.90 Å². The largest absolute Gasteiger partial charge is 0.469 e. The van der Waals surface area contributed by atoms with E-state index in [1.165, 1.54) is 13.2 Å². The van der Waals surface area contributed by atoms with Crippen LogP contribution in [0.5, 0.6) is 0 Å². The molecule has 0 aliphatic rings. The molecule has 4 nitrogen and oxygen atoms in total. The maximum atomic E-state index is 13.4. The van der Waals surface area contributed by atoms with Crippen LogP contribution in [0.25, 0.3) is 0 Å². The fraction of sp³-hybridized carbons (Fsp3) is 0.529. The van der Waals surface area contributed by atoms with E-state index in [2.05, 4.69) is 4.74 Å². The second kappa shape index (κ2) is 9.50. The number of esters is 1. The van der Waals surface area contributed by atoms with Gasteiger partial charge >= 0.3 is 5.97 Å². The molecule has 0 bridgehead atoms. The second-order valence-corrected chi connectivity index (χ2v) is 5.77. The van der Waals surface area contributed by atoms with Crippen molar-refractivity contribution >= 4 is 23.5 Å². The van der Waals surface area contributed by atoms with E-state index in [0.29, 0.717) is 18.4 Å². The number of aryl methyl sites for hydroxylation is 1. The molecule has 1 rings (SSSR count). The second-order valence-electron chi connectivity index (χ2n) is 5.39. The molecule has 1 amide bonds. The number of hydrogen-bond acceptors (Lipinski definition) is 3. The van der Waals surface area contributed by atoms with Gasteiger partial charge in [-0.25, -0.2) is 4.39 Å². The van der Waals surface area contributed by atoms with Gasteiger partial charge in [-0.15, -0.1) is 0 Å². The van der Waals surface area contributed by atoms with Gasteiger partial charge in [-0.05, 0) is 30.9 Å². The lowest BCUT2D eigenvalue weighted by Crippen LogP contribution is -2.37. The number of amides is 1. The lowest BCUT2D eigenvalue weighted by atomic mass is 10.1. The molecule has 0 fully saturated rings. The number of methoxy groups -OCH3 is 1. The van der Waals surface area contributed by atoms with Crippen molar-refractivity contribution < 1.29 is 18.7 Å². The van der Waals surface area contributed by atoms with E-state index in [9.17, 15) is 14.0 Å². The average Bonchev–Trinajstić information content (AvgIpc) is 2.55. The average molecular weight is 344 g/mol. The number of benzene rings is 1. The van der Waals surface area contributed by atoms with E-state index in [4.69, 9.17) is 11.6 Å². The lowest BCUT2D eigenvalue weighted by molar-refractivity contribution is -0.142. The molecule has 0 unspecified atom stereocenters. The van der Waals surface area contributed by atoms with E-state index in [0.717, 1.165) is 6.42 Å². The van der Waals surface area contributed by atoms with E-state index >= 15 is 0 Å². The van der Waals surface area contributed by atoms with Gasteiger partial charge in [0.1, 0.15) is 5.82 Å². The quantitative estimate of drug-likeness (QED) is 0.677. The summed E-state index contributed by atoms with van der Waals surface area (Å²) in [6.45, 7) is 1.97. The third-order valence-corrected chi connectivity index (χ3v) is 4.38. The van der Waals surface area contributed by atoms with Crippen molar-refractivity contribution in [1.29, 1.82) is 0 Å². The summed E-state index contributed by atoms with van der Waals surface area (Å²) in [6.07, 6.45) is 2.22. The Morgan fingerprint density at radius 2 is 2.04 bits per heavy atom. The minimum Gasteiger partial charge on any atom is -0.469 e. The first-order chi connectivity index (χ1) is 10.9. The van der Waals surface area contributed by atoms with Crippen LogP contribution in [-0.4, -0.2) is 37.0 Å². The molecule has 23 heavy (non-hydrogen) atoms. The summed E-state index contributed by atoms with van der Waals surface area (Å²) in [6, 6.07) is 4.56. The molecule has 0 saturated carbocycles. The van der Waals surface area contributed by atoms with Crippen molar-refractivity contribution in [3.63, 3.8) is 0 Å². The summed E-state index contributed by atoms with van der Waals surface area (Å²) in [5.74, 6) is -0.813. The van der Waals surface area contributed by atoms with Gasteiger partial charge in [-0.2, -0.15) is 0 Å². The summed E-state index contributed by atoms with van der Waals surface area (Å²) in [4.78, 5) is 25.2. The Bertz CT molecular complexity index is 551. The maximum Gasteiger partial charge on any atom is 0.305 e. The Morgan fingerprint density at radius 3 is 2.65 bits per heavy atom. The molecule has 6 heteroatoms. The minimum absolute atomic E-state index is 0.0235. The van der Waals surface area contributed by atoms with Gasteiger partial charge < -0.3 is 9.64 Å². The molecule has 0 aromatic heterocycles. The van der Waals surface area contributed by atoms with Gasteiger partial charge in [0.15, 0.2) is 0 Å². The van der Waals surface area contributed by atoms with Crippen LogP contribution in [-0.2, 0) is 20.7 Å². The van der Waals surface area contributed by atoms with Gasteiger partial charge in [-0.1, -0.05) is 30.7 Å². The van der Waals surface area contributed by atoms with Crippen LogP contribution in [0.15, 0.2) is 18.2 Å². The molecule has 1 atom stereocenters. The smallest absolute Gasteiger partial charge is 0.305 e. The zero-order valence-electron chi connectivity index (χ0n) is 13.8. The highest BCUT2D eigenvalue weighted by Gasteiger charge is 2.20. The highest BCUT2D eigenvalue weighted by Crippen LogP contribution is 2.21. The predicted molar refractivity (Wildman–Crippen MR) is 87.8 cm³/mol. The number of carbonyl (C=O) groups excluding carboxylic acids is 2. The van der Waals surface area contributed by atoms with Crippen LogP contribution in [0, 0.1) is 5.82 Å². The maximum absolute atomic E-state index is 13.4. The number of halogens is 2. The van der Waals surface area contributed by atoms with Crippen molar-refractivity contribution in [2.45, 2.75) is 45.1 Å². The van der Waals surface area contributed by atoms with Crippen molar-refractivity contribution in [3.05, 3.63) is 34.6 Å². The van der Waals surface area contributed by atoms with Gasteiger partial charge in [-0.3, -0.25) is 9.59 Å². The predicted octanol–water partition coefficient (Wildman–Crippen LogP) is 3.60. The highest BCUT2D eigenvalue weighted by molar-refractivity contribution is 6.31. The molecule has 1 aromatic rings. The SMILES string of the molecule is CC[C@H](CCC(=O)OC)N(C)C(=O)CCc1cccc(F)c1Cl. The Balaban J connectivity index is 2.57. The molecular weight excluding hydrogens is 321 g/mol. The number of hydrogen-bond donors (Lipinski definition) is 0. The zero-order chi connectivity index (χ0) is 17.4. The van der Waals surface area contributed by atoms with Gasteiger partial charge in [0.25, 0.3) is 0 Å². The first-order valence-corrected chi connectivity index (χ1v) is 8.03. The van der Waals surface area contributed by atoms with Crippen LogP contribution >= 0.6 is 11.6 Å². The molecule has 0 radical (unpaired) electrons. The van der Waals surface area contributed by atoms with Crippen LogP contribution in [0.2, 0.25) is 5.02 Å². The third kappa shape index (κ3) is 5.82. The summed E-state index contributed by atoms with van der Waals surface area (Å²) >= 11 is 5.90. The molecule has 0 heterocycles. The molecule has 128 valence electrons.